The van der Waals surface area contributed by atoms with Gasteiger partial charge in [-0.1, -0.05) is 218 Å². The summed E-state index contributed by atoms with van der Waals surface area (Å²) < 4.78 is 0. The number of benzene rings is 12. The Kier molecular flexibility index (Phi) is 11.6. The summed E-state index contributed by atoms with van der Waals surface area (Å²) in [5, 5.41) is 0. The number of nitrogens with zero attached hydrogens (tertiary/aromatic N) is 2. The summed E-state index contributed by atoms with van der Waals surface area (Å²) in [7, 11) is 0. The van der Waals surface area contributed by atoms with Crippen LogP contribution in [0.3, 0.4) is 0 Å². The third-order valence-electron chi connectivity index (χ3n) is 14.4. The van der Waals surface area contributed by atoms with E-state index < -0.39 is 0 Å². The molecule has 2 heteroatoms. The van der Waals surface area contributed by atoms with Crippen LogP contribution >= 0.6 is 0 Å². The van der Waals surface area contributed by atoms with Crippen LogP contribution < -0.4 is 9.80 Å². The van der Waals surface area contributed by atoms with E-state index in [1.165, 1.54) is 44.5 Å². The van der Waals surface area contributed by atoms with Gasteiger partial charge in [0.05, 0.1) is 0 Å². The lowest BCUT2D eigenvalue weighted by Crippen LogP contribution is -2.10. The van der Waals surface area contributed by atoms with Crippen LogP contribution in [-0.2, 0) is 0 Å². The topological polar surface area (TPSA) is 6.48 Å². The van der Waals surface area contributed by atoms with Crippen molar-refractivity contribution in [2.24, 2.45) is 0 Å². The van der Waals surface area contributed by atoms with Gasteiger partial charge in [0.2, 0.25) is 0 Å². The zero-order chi connectivity index (χ0) is 49.2. The number of anilines is 6. The lowest BCUT2D eigenvalue weighted by atomic mass is 9.93. The Hall–Kier alpha value is -9.76. The molecule has 7 aliphatic rings. The summed E-state index contributed by atoms with van der Waals surface area (Å²) in [4.78, 5) is 4.80. The third kappa shape index (κ3) is 8.65. The van der Waals surface area contributed by atoms with Crippen molar-refractivity contribution in [2.45, 2.75) is 0 Å². The summed E-state index contributed by atoms with van der Waals surface area (Å²) in [5.41, 5.74) is 25.1. The van der Waals surface area contributed by atoms with Crippen LogP contribution in [0.2, 0.25) is 0 Å². The van der Waals surface area contributed by atoms with Gasteiger partial charge in [-0.15, -0.1) is 0 Å². The van der Waals surface area contributed by atoms with Crippen molar-refractivity contribution in [3.8, 4) is 89.0 Å². The second-order valence-corrected chi connectivity index (χ2v) is 19.0. The predicted octanol–water partition coefficient (Wildman–Crippen LogP) is 20.3. The average Bonchev–Trinajstić information content (AvgIpc) is 3.49. The van der Waals surface area contributed by atoms with Gasteiger partial charge in [0, 0.05) is 34.1 Å². The number of hydrogen-bond donors (Lipinski definition) is 0. The maximum absolute atomic E-state index is 2.40. The van der Waals surface area contributed by atoms with Crippen LogP contribution in [0.4, 0.5) is 34.1 Å². The molecule has 0 spiro atoms. The molecule has 2 nitrogen and oxygen atoms in total. The molecule has 7 heterocycles. The molecule has 0 fully saturated rings. The van der Waals surface area contributed by atoms with Crippen molar-refractivity contribution in [1.82, 2.24) is 0 Å². The second kappa shape index (κ2) is 19.4. The zero-order valence-electron chi connectivity index (χ0n) is 40.8. The van der Waals surface area contributed by atoms with E-state index in [-0.39, 0.29) is 0 Å². The van der Waals surface area contributed by atoms with Gasteiger partial charge >= 0.3 is 0 Å². The minimum Gasteiger partial charge on any atom is -0.310 e. The maximum atomic E-state index is 2.40. The molecule has 19 rings (SSSR count). The van der Waals surface area contributed by atoms with Crippen LogP contribution in [0, 0.1) is 0 Å². The Morgan fingerprint density at radius 2 is 0.338 bits per heavy atom. The highest BCUT2D eigenvalue weighted by molar-refractivity contribution is 5.92. The molecule has 74 heavy (non-hydrogen) atoms. The maximum Gasteiger partial charge on any atom is 0.0473 e. The van der Waals surface area contributed by atoms with Crippen molar-refractivity contribution in [1.29, 1.82) is 0 Å². The normalized spacial score (nSPS) is 11.7. The predicted molar refractivity (Wildman–Crippen MR) is 313 cm³/mol. The van der Waals surface area contributed by atoms with Gasteiger partial charge < -0.3 is 9.80 Å². The minimum atomic E-state index is 1.07. The fourth-order valence-corrected chi connectivity index (χ4v) is 10.7. The highest BCUT2D eigenvalue weighted by Gasteiger charge is 2.20. The van der Waals surface area contributed by atoms with Crippen molar-refractivity contribution in [2.75, 3.05) is 9.80 Å². The van der Waals surface area contributed by atoms with Crippen LogP contribution in [0.5, 0.6) is 0 Å². The fraction of sp³-hybridized carbons (Fsp3) is 0. The molecule has 0 amide bonds. The molecule has 0 saturated carbocycles. The first-order valence-electron chi connectivity index (χ1n) is 25.4. The Labute approximate surface area is 434 Å². The van der Waals surface area contributed by atoms with E-state index in [4.69, 9.17) is 0 Å². The van der Waals surface area contributed by atoms with Crippen LogP contribution in [0.25, 0.3) is 89.0 Å². The molecular formula is C72H50N2. The van der Waals surface area contributed by atoms with Crippen molar-refractivity contribution >= 4 is 34.1 Å². The molecular weight excluding hydrogens is 893 g/mol. The summed E-state index contributed by atoms with van der Waals surface area (Å²) in [6, 6.07) is 111. The summed E-state index contributed by atoms with van der Waals surface area (Å²) in [6.45, 7) is 0. The highest BCUT2D eigenvalue weighted by Crippen LogP contribution is 2.45. The first kappa shape index (κ1) is 44.2. The Balaban J connectivity index is 0.993. The molecule has 0 atom stereocenters. The quantitative estimate of drug-likeness (QED) is 0.164. The van der Waals surface area contributed by atoms with Crippen molar-refractivity contribution in [3.05, 3.63) is 303 Å². The Morgan fingerprint density at radius 3 is 0.554 bits per heavy atom. The molecule has 8 bridgehead atoms. The summed E-state index contributed by atoms with van der Waals surface area (Å²) in [5.74, 6) is 0. The molecule has 0 N–H and O–H groups in total. The first-order valence-corrected chi connectivity index (χ1v) is 25.4. The molecule has 0 radical (unpaired) electrons. The van der Waals surface area contributed by atoms with Crippen molar-refractivity contribution in [3.63, 3.8) is 0 Å². The Bertz CT molecular complexity index is 3380. The van der Waals surface area contributed by atoms with E-state index in [2.05, 4.69) is 313 Å². The molecule has 12 aromatic rings. The van der Waals surface area contributed by atoms with Gasteiger partial charge in [0.25, 0.3) is 0 Å². The van der Waals surface area contributed by atoms with E-state index in [0.717, 1.165) is 78.6 Å². The monoisotopic (exact) mass is 942 g/mol. The average molecular weight is 943 g/mol. The number of hydrogen-bond acceptors (Lipinski definition) is 2. The third-order valence-corrected chi connectivity index (χ3v) is 14.4. The molecule has 7 aliphatic heterocycles. The number of rotatable bonds is 6. The van der Waals surface area contributed by atoms with Crippen LogP contribution in [0.1, 0.15) is 0 Å². The summed E-state index contributed by atoms with van der Waals surface area (Å²) in [6.07, 6.45) is 0. The SMILES string of the molecule is c1ccc(-c2cc(-c3ccccc3)cc(N3c4ccc(cc4)-c4ccccc4-c4ccc(cc4)N(c4cc(-c5ccccc5)cc(-c5ccccc5)c4)c4ccc(cc4)-c4ccccc4-c4ccc3cc4)c2)cc1. The molecule has 348 valence electrons. The van der Waals surface area contributed by atoms with Gasteiger partial charge in [-0.05, 0) is 174 Å². The van der Waals surface area contributed by atoms with Gasteiger partial charge in [-0.3, -0.25) is 0 Å². The lowest BCUT2D eigenvalue weighted by molar-refractivity contribution is 1.28. The van der Waals surface area contributed by atoms with E-state index in [1.54, 1.807) is 0 Å². The van der Waals surface area contributed by atoms with Gasteiger partial charge in [-0.2, -0.15) is 0 Å². The van der Waals surface area contributed by atoms with E-state index in [9.17, 15) is 0 Å². The van der Waals surface area contributed by atoms with E-state index >= 15 is 0 Å². The van der Waals surface area contributed by atoms with Crippen LogP contribution in [0.15, 0.2) is 303 Å². The largest absolute Gasteiger partial charge is 0.310 e. The molecule has 12 aromatic carbocycles. The Morgan fingerprint density at radius 1 is 0.135 bits per heavy atom. The standard InChI is InChI=1S/C72H50N2/c1-5-17-51(18-6-1)59-45-60(52-19-7-2-8-20-52)48-67(47-59)73-63-37-29-55(30-38-63)69-25-13-15-27-71(69)57-33-41-65(42-34-57)74(68-49-61(53-21-9-3-10-22-53)46-62(50-68)54-23-11-4-12-24-54)66-43-35-58(36-44-66)72-28-16-14-26-70(72)56-31-39-64(73)40-32-56/h1-50H. The minimum absolute atomic E-state index is 1.07. The van der Waals surface area contributed by atoms with Gasteiger partial charge in [0.15, 0.2) is 0 Å². The van der Waals surface area contributed by atoms with Crippen LogP contribution in [-0.4, -0.2) is 0 Å². The molecule has 0 aliphatic carbocycles. The van der Waals surface area contributed by atoms with E-state index in [1.807, 2.05) is 0 Å². The molecule has 0 unspecified atom stereocenters. The van der Waals surface area contributed by atoms with Crippen molar-refractivity contribution < 1.29 is 0 Å². The van der Waals surface area contributed by atoms with E-state index in [0.29, 0.717) is 0 Å². The van der Waals surface area contributed by atoms with Gasteiger partial charge in [0.1, 0.15) is 0 Å². The fourth-order valence-electron chi connectivity index (χ4n) is 10.7. The highest BCUT2D eigenvalue weighted by atomic mass is 15.1. The first-order chi connectivity index (χ1) is 36.7. The second-order valence-electron chi connectivity index (χ2n) is 19.0. The molecule has 0 aromatic heterocycles. The smallest absolute Gasteiger partial charge is 0.0473 e. The zero-order valence-corrected chi connectivity index (χ0v) is 40.8. The molecule has 0 saturated heterocycles. The summed E-state index contributed by atoms with van der Waals surface area (Å²) >= 11 is 0. The van der Waals surface area contributed by atoms with Gasteiger partial charge in [-0.25, -0.2) is 0 Å². The lowest BCUT2D eigenvalue weighted by Gasteiger charge is -2.28.